The van der Waals surface area contributed by atoms with Crippen molar-refractivity contribution in [2.24, 2.45) is 0 Å². The molecule has 0 N–H and O–H groups in total. The molecule has 5 rings (SSSR count). The molecular formula is C20H14N4O3. The Balaban J connectivity index is 1.73. The Labute approximate surface area is 153 Å². The Morgan fingerprint density at radius 1 is 0.889 bits per heavy atom. The van der Waals surface area contributed by atoms with Gasteiger partial charge in [-0.1, -0.05) is 0 Å². The largest absolute Gasteiger partial charge is 0.497 e. The summed E-state index contributed by atoms with van der Waals surface area (Å²) in [6.07, 6.45) is 5.13. The smallest absolute Gasteiger partial charge is 0.254 e. The quantitative estimate of drug-likeness (QED) is 0.476. The number of rotatable bonds is 4. The molecule has 0 bridgehead atoms. The third-order valence-electron chi connectivity index (χ3n) is 4.29. The molecule has 0 saturated carbocycles. The van der Waals surface area contributed by atoms with E-state index in [9.17, 15) is 0 Å². The number of methoxy groups -OCH3 is 1. The molecule has 5 aromatic rings. The molecule has 0 aliphatic carbocycles. The lowest BCUT2D eigenvalue weighted by molar-refractivity contribution is 0.415. The monoisotopic (exact) mass is 358 g/mol. The van der Waals surface area contributed by atoms with Crippen LogP contribution < -0.4 is 4.74 Å². The highest BCUT2D eigenvalue weighted by molar-refractivity contribution is 5.75. The maximum absolute atomic E-state index is 5.64. The van der Waals surface area contributed by atoms with Crippen LogP contribution in [0.3, 0.4) is 0 Å². The number of hydrogen-bond acceptors (Lipinski definition) is 6. The molecule has 1 aromatic carbocycles. The van der Waals surface area contributed by atoms with E-state index in [-0.39, 0.29) is 0 Å². The SMILES string of the molecule is COc1ccc(-c2cn3c(-c4ccco4)c(-c4ccco4)nnc3n2)cc1. The Hall–Kier alpha value is -3.87. The van der Waals surface area contributed by atoms with Crippen LogP contribution in [0.25, 0.3) is 39.9 Å². The van der Waals surface area contributed by atoms with Gasteiger partial charge in [0.25, 0.3) is 5.78 Å². The summed E-state index contributed by atoms with van der Waals surface area (Å²) in [6, 6.07) is 15.0. The maximum Gasteiger partial charge on any atom is 0.254 e. The van der Waals surface area contributed by atoms with E-state index < -0.39 is 0 Å². The van der Waals surface area contributed by atoms with Crippen molar-refractivity contribution >= 4 is 5.78 Å². The van der Waals surface area contributed by atoms with E-state index in [1.54, 1.807) is 19.6 Å². The fourth-order valence-corrected chi connectivity index (χ4v) is 2.99. The number of imidazole rings is 1. The van der Waals surface area contributed by atoms with Gasteiger partial charge in [-0.2, -0.15) is 0 Å². The van der Waals surface area contributed by atoms with Crippen LogP contribution in [0.5, 0.6) is 5.75 Å². The number of ether oxygens (including phenoxy) is 1. The van der Waals surface area contributed by atoms with E-state index in [0.29, 0.717) is 23.0 Å². The number of hydrogen-bond donors (Lipinski definition) is 0. The molecule has 0 spiro atoms. The fraction of sp³-hybridized carbons (Fsp3) is 0.0500. The molecule has 7 heteroatoms. The predicted molar refractivity (Wildman–Crippen MR) is 98.2 cm³/mol. The van der Waals surface area contributed by atoms with Crippen molar-refractivity contribution in [1.29, 1.82) is 0 Å². The zero-order chi connectivity index (χ0) is 18.2. The highest BCUT2D eigenvalue weighted by Crippen LogP contribution is 2.32. The summed E-state index contributed by atoms with van der Waals surface area (Å²) >= 11 is 0. The molecule has 132 valence electrons. The van der Waals surface area contributed by atoms with Crippen LogP contribution >= 0.6 is 0 Å². The molecule has 0 atom stereocenters. The lowest BCUT2D eigenvalue weighted by Crippen LogP contribution is -2.00. The average Bonchev–Trinajstić information content (AvgIpc) is 3.48. The first-order chi connectivity index (χ1) is 13.3. The van der Waals surface area contributed by atoms with Crippen LogP contribution in [0.1, 0.15) is 0 Å². The Bertz CT molecular complexity index is 1190. The van der Waals surface area contributed by atoms with E-state index in [4.69, 9.17) is 13.6 Å². The zero-order valence-electron chi connectivity index (χ0n) is 14.4. The van der Waals surface area contributed by atoms with Crippen LogP contribution in [0.4, 0.5) is 0 Å². The van der Waals surface area contributed by atoms with Gasteiger partial charge in [-0.25, -0.2) is 4.98 Å². The summed E-state index contributed by atoms with van der Waals surface area (Å²) in [5.74, 6) is 2.52. The third-order valence-corrected chi connectivity index (χ3v) is 4.29. The van der Waals surface area contributed by atoms with Gasteiger partial charge in [-0.05, 0) is 48.5 Å². The number of benzene rings is 1. The van der Waals surface area contributed by atoms with Crippen LogP contribution in [0.15, 0.2) is 76.1 Å². The second kappa shape index (κ2) is 6.14. The summed E-state index contributed by atoms with van der Waals surface area (Å²) in [6.45, 7) is 0. The molecule has 4 aromatic heterocycles. The fourth-order valence-electron chi connectivity index (χ4n) is 2.99. The lowest BCUT2D eigenvalue weighted by Gasteiger charge is -2.06. The zero-order valence-corrected chi connectivity index (χ0v) is 14.4. The van der Waals surface area contributed by atoms with Gasteiger partial charge in [-0.3, -0.25) is 4.40 Å². The molecule has 0 fully saturated rings. The minimum absolute atomic E-state index is 0.475. The molecule has 0 radical (unpaired) electrons. The lowest BCUT2D eigenvalue weighted by atomic mass is 10.1. The molecule has 0 amide bonds. The van der Waals surface area contributed by atoms with Gasteiger partial charge in [0.05, 0.1) is 25.3 Å². The van der Waals surface area contributed by atoms with Crippen LogP contribution in [0.2, 0.25) is 0 Å². The predicted octanol–water partition coefficient (Wildman–Crippen LogP) is 4.32. The van der Waals surface area contributed by atoms with Crippen molar-refractivity contribution in [2.45, 2.75) is 0 Å². The van der Waals surface area contributed by atoms with Crippen LogP contribution in [-0.2, 0) is 0 Å². The summed E-state index contributed by atoms with van der Waals surface area (Å²) < 4.78 is 18.3. The minimum atomic E-state index is 0.475. The van der Waals surface area contributed by atoms with Gasteiger partial charge in [0, 0.05) is 11.8 Å². The topological polar surface area (TPSA) is 78.6 Å². The maximum atomic E-state index is 5.64. The van der Waals surface area contributed by atoms with Crippen molar-refractivity contribution in [3.63, 3.8) is 0 Å². The first-order valence-electron chi connectivity index (χ1n) is 8.31. The number of fused-ring (bicyclic) bond motifs is 1. The molecule has 27 heavy (non-hydrogen) atoms. The minimum Gasteiger partial charge on any atom is -0.497 e. The van der Waals surface area contributed by atoms with Crippen molar-refractivity contribution in [3.8, 4) is 39.9 Å². The summed E-state index contributed by atoms with van der Waals surface area (Å²) in [5, 5.41) is 8.60. The molecule has 4 heterocycles. The Morgan fingerprint density at radius 3 is 2.30 bits per heavy atom. The molecule has 0 unspecified atom stereocenters. The summed E-state index contributed by atoms with van der Waals surface area (Å²) in [5.41, 5.74) is 3.04. The normalized spacial score (nSPS) is 11.1. The first-order valence-corrected chi connectivity index (χ1v) is 8.31. The molecule has 7 nitrogen and oxygen atoms in total. The van der Waals surface area contributed by atoms with Gasteiger partial charge in [0.15, 0.2) is 17.2 Å². The number of furan rings is 2. The second-order valence-electron chi connectivity index (χ2n) is 5.88. The Kier molecular flexibility index (Phi) is 3.50. The molecular weight excluding hydrogens is 344 g/mol. The highest BCUT2D eigenvalue weighted by atomic mass is 16.5. The van der Waals surface area contributed by atoms with Crippen molar-refractivity contribution in [2.75, 3.05) is 7.11 Å². The molecule has 0 aliphatic heterocycles. The van der Waals surface area contributed by atoms with E-state index in [1.807, 2.05) is 59.1 Å². The van der Waals surface area contributed by atoms with E-state index in [1.165, 1.54) is 0 Å². The standard InChI is InChI=1S/C20H14N4O3/c1-25-14-8-6-13(7-9-14)15-12-24-19(17-5-3-11-27-17)18(16-4-2-10-26-16)22-23-20(24)21-15/h2-12H,1H3. The van der Waals surface area contributed by atoms with Crippen molar-refractivity contribution in [1.82, 2.24) is 19.6 Å². The van der Waals surface area contributed by atoms with Crippen LogP contribution in [-0.4, -0.2) is 26.7 Å². The Morgan fingerprint density at radius 2 is 1.63 bits per heavy atom. The van der Waals surface area contributed by atoms with E-state index >= 15 is 0 Å². The van der Waals surface area contributed by atoms with Gasteiger partial charge in [0.2, 0.25) is 0 Å². The van der Waals surface area contributed by atoms with Gasteiger partial charge in [0.1, 0.15) is 11.4 Å². The first kappa shape index (κ1) is 15.4. The molecule has 0 saturated heterocycles. The van der Waals surface area contributed by atoms with Crippen molar-refractivity contribution in [3.05, 3.63) is 67.3 Å². The molecule has 0 aliphatic rings. The van der Waals surface area contributed by atoms with Crippen molar-refractivity contribution < 1.29 is 13.6 Å². The second-order valence-corrected chi connectivity index (χ2v) is 5.88. The van der Waals surface area contributed by atoms with E-state index in [0.717, 1.165) is 22.7 Å². The van der Waals surface area contributed by atoms with Crippen LogP contribution in [0, 0.1) is 0 Å². The average molecular weight is 358 g/mol. The van der Waals surface area contributed by atoms with Gasteiger partial charge in [-0.15, -0.1) is 10.2 Å². The highest BCUT2D eigenvalue weighted by Gasteiger charge is 2.20. The summed E-state index contributed by atoms with van der Waals surface area (Å²) in [7, 11) is 1.64. The third kappa shape index (κ3) is 2.56. The number of aromatic nitrogens is 4. The van der Waals surface area contributed by atoms with Gasteiger partial charge >= 0.3 is 0 Å². The number of nitrogens with zero attached hydrogens (tertiary/aromatic N) is 4. The summed E-state index contributed by atoms with van der Waals surface area (Å²) in [4.78, 5) is 4.61. The van der Waals surface area contributed by atoms with Gasteiger partial charge < -0.3 is 13.6 Å². The van der Waals surface area contributed by atoms with E-state index in [2.05, 4.69) is 15.2 Å².